The number of carbonyl (C=O) groups is 1. The fourth-order valence-electron chi connectivity index (χ4n) is 1.16. The number of para-hydroxylation sites is 1. The van der Waals surface area contributed by atoms with Crippen LogP contribution in [-0.4, -0.2) is 37.1 Å². The highest BCUT2D eigenvalue weighted by atomic mass is 16.3. The number of phenols is 1. The summed E-state index contributed by atoms with van der Waals surface area (Å²) in [5, 5.41) is 12.5. The monoisotopic (exact) mass is 194 g/mol. The first kappa shape index (κ1) is 10.4. The summed E-state index contributed by atoms with van der Waals surface area (Å²) < 4.78 is 0. The molecule has 0 saturated heterocycles. The molecule has 4 nitrogen and oxygen atoms in total. The lowest BCUT2D eigenvalue weighted by atomic mass is 10.1. The molecule has 0 unspecified atom stereocenters. The molecule has 0 aliphatic carbocycles. The second kappa shape index (κ2) is 4.00. The number of rotatable bonds is 2. The Morgan fingerprint density at radius 3 is 2.57 bits per heavy atom. The summed E-state index contributed by atoms with van der Waals surface area (Å²) in [7, 11) is 4.99. The van der Waals surface area contributed by atoms with Crippen LogP contribution in [0, 0.1) is 0 Å². The van der Waals surface area contributed by atoms with E-state index in [-0.39, 0.29) is 11.7 Å². The molecule has 4 heteroatoms. The van der Waals surface area contributed by atoms with E-state index in [1.165, 1.54) is 4.90 Å². The van der Waals surface area contributed by atoms with Gasteiger partial charge in [0, 0.05) is 21.1 Å². The minimum absolute atomic E-state index is 0.00583. The van der Waals surface area contributed by atoms with Crippen LogP contribution in [0.25, 0.3) is 0 Å². The van der Waals surface area contributed by atoms with Gasteiger partial charge in [-0.1, -0.05) is 6.07 Å². The second-order valence-electron chi connectivity index (χ2n) is 3.15. The van der Waals surface area contributed by atoms with Gasteiger partial charge in [-0.3, -0.25) is 4.79 Å². The maximum atomic E-state index is 11.6. The Kier molecular flexibility index (Phi) is 2.96. The summed E-state index contributed by atoms with van der Waals surface area (Å²) >= 11 is 0. The van der Waals surface area contributed by atoms with Crippen LogP contribution >= 0.6 is 0 Å². The number of benzene rings is 1. The van der Waals surface area contributed by atoms with Crippen LogP contribution in [0.2, 0.25) is 0 Å². The van der Waals surface area contributed by atoms with Gasteiger partial charge >= 0.3 is 0 Å². The lowest BCUT2D eigenvalue weighted by molar-refractivity contribution is 0.0825. The maximum Gasteiger partial charge on any atom is 0.257 e. The van der Waals surface area contributed by atoms with Gasteiger partial charge < -0.3 is 15.3 Å². The summed E-state index contributed by atoms with van der Waals surface area (Å²) in [5.74, 6) is -0.215. The number of hydrogen-bond donors (Lipinski definition) is 2. The molecule has 0 fully saturated rings. The van der Waals surface area contributed by atoms with Crippen molar-refractivity contribution in [2.24, 2.45) is 0 Å². The highest BCUT2D eigenvalue weighted by molar-refractivity contribution is 5.98. The van der Waals surface area contributed by atoms with Crippen molar-refractivity contribution in [3.05, 3.63) is 23.8 Å². The van der Waals surface area contributed by atoms with E-state index in [2.05, 4.69) is 5.32 Å². The van der Waals surface area contributed by atoms with Crippen molar-refractivity contribution in [2.75, 3.05) is 26.5 Å². The van der Waals surface area contributed by atoms with Crippen LogP contribution in [0.4, 0.5) is 5.69 Å². The Labute approximate surface area is 83.2 Å². The maximum absolute atomic E-state index is 11.6. The van der Waals surface area contributed by atoms with E-state index >= 15 is 0 Å². The first-order valence-corrected chi connectivity index (χ1v) is 4.29. The van der Waals surface area contributed by atoms with Crippen LogP contribution in [0.5, 0.6) is 5.75 Å². The Morgan fingerprint density at radius 2 is 2.07 bits per heavy atom. The molecule has 1 rings (SSSR count). The summed E-state index contributed by atoms with van der Waals surface area (Å²) in [6.07, 6.45) is 0. The molecule has 0 bridgehead atoms. The van der Waals surface area contributed by atoms with E-state index in [0.717, 1.165) is 0 Å². The Bertz CT molecular complexity index is 348. The topological polar surface area (TPSA) is 52.6 Å². The minimum Gasteiger partial charge on any atom is -0.505 e. The molecule has 0 aliphatic heterocycles. The molecule has 0 heterocycles. The van der Waals surface area contributed by atoms with Gasteiger partial charge in [-0.15, -0.1) is 0 Å². The lowest BCUT2D eigenvalue weighted by Gasteiger charge is -2.13. The van der Waals surface area contributed by atoms with Crippen molar-refractivity contribution in [3.8, 4) is 5.75 Å². The zero-order chi connectivity index (χ0) is 10.7. The van der Waals surface area contributed by atoms with E-state index in [1.54, 1.807) is 39.3 Å². The van der Waals surface area contributed by atoms with Gasteiger partial charge in [-0.05, 0) is 12.1 Å². The number of carbonyl (C=O) groups excluding carboxylic acids is 1. The van der Waals surface area contributed by atoms with E-state index in [4.69, 9.17) is 0 Å². The van der Waals surface area contributed by atoms with Crippen LogP contribution in [0.1, 0.15) is 10.4 Å². The summed E-state index contributed by atoms with van der Waals surface area (Å²) in [6.45, 7) is 0. The largest absolute Gasteiger partial charge is 0.505 e. The average Bonchev–Trinajstić information content (AvgIpc) is 2.17. The van der Waals surface area contributed by atoms with Crippen molar-refractivity contribution < 1.29 is 9.90 Å². The van der Waals surface area contributed by atoms with Gasteiger partial charge in [0.15, 0.2) is 5.75 Å². The predicted octanol–water partition coefficient (Wildman–Crippen LogP) is 1.14. The molecule has 0 spiro atoms. The molecule has 0 atom stereocenters. The molecular formula is C10H14N2O2. The zero-order valence-corrected chi connectivity index (χ0v) is 8.53. The fraction of sp³-hybridized carbons (Fsp3) is 0.300. The van der Waals surface area contributed by atoms with Crippen LogP contribution in [0.3, 0.4) is 0 Å². The molecule has 76 valence electrons. The smallest absolute Gasteiger partial charge is 0.257 e. The second-order valence-corrected chi connectivity index (χ2v) is 3.15. The normalized spacial score (nSPS) is 9.64. The van der Waals surface area contributed by atoms with E-state index in [1.807, 2.05) is 0 Å². The number of nitrogens with one attached hydrogen (secondary N) is 1. The first-order chi connectivity index (χ1) is 6.57. The third-order valence-corrected chi connectivity index (χ3v) is 1.94. The molecule has 0 radical (unpaired) electrons. The van der Waals surface area contributed by atoms with Gasteiger partial charge in [0.1, 0.15) is 0 Å². The van der Waals surface area contributed by atoms with Gasteiger partial charge in [-0.2, -0.15) is 0 Å². The highest BCUT2D eigenvalue weighted by Crippen LogP contribution is 2.27. The molecule has 0 aliphatic rings. The first-order valence-electron chi connectivity index (χ1n) is 4.29. The van der Waals surface area contributed by atoms with Crippen LogP contribution in [-0.2, 0) is 0 Å². The van der Waals surface area contributed by atoms with Crippen molar-refractivity contribution in [1.29, 1.82) is 0 Å². The number of hydrogen-bond acceptors (Lipinski definition) is 3. The van der Waals surface area contributed by atoms with E-state index in [9.17, 15) is 9.90 Å². The predicted molar refractivity (Wildman–Crippen MR) is 55.7 cm³/mol. The van der Waals surface area contributed by atoms with E-state index < -0.39 is 0 Å². The number of aromatic hydroxyl groups is 1. The molecule has 0 saturated carbocycles. The number of anilines is 1. The van der Waals surface area contributed by atoms with Crippen LogP contribution in [0.15, 0.2) is 18.2 Å². The molecule has 1 aromatic carbocycles. The number of amides is 1. The van der Waals surface area contributed by atoms with Crippen molar-refractivity contribution in [1.82, 2.24) is 4.90 Å². The zero-order valence-electron chi connectivity index (χ0n) is 8.53. The Morgan fingerprint density at radius 1 is 1.43 bits per heavy atom. The van der Waals surface area contributed by atoms with Gasteiger partial charge in [0.2, 0.25) is 0 Å². The van der Waals surface area contributed by atoms with Gasteiger partial charge in [0.25, 0.3) is 5.91 Å². The summed E-state index contributed by atoms with van der Waals surface area (Å²) in [4.78, 5) is 13.0. The molecule has 2 N–H and O–H groups in total. The standard InChI is InChI=1S/C10H14N2O2/c1-11-8-6-4-5-7(9(8)13)10(14)12(2)3/h4-6,11,13H,1-3H3. The number of nitrogens with zero attached hydrogens (tertiary/aromatic N) is 1. The molecule has 14 heavy (non-hydrogen) atoms. The lowest BCUT2D eigenvalue weighted by Crippen LogP contribution is -2.21. The summed E-state index contributed by atoms with van der Waals surface area (Å²) in [6, 6.07) is 5.03. The molecule has 1 aromatic rings. The molecule has 1 amide bonds. The average molecular weight is 194 g/mol. The van der Waals surface area contributed by atoms with Crippen molar-refractivity contribution in [3.63, 3.8) is 0 Å². The Hall–Kier alpha value is -1.71. The summed E-state index contributed by atoms with van der Waals surface area (Å²) in [5.41, 5.74) is 0.861. The fourth-order valence-corrected chi connectivity index (χ4v) is 1.16. The van der Waals surface area contributed by atoms with Crippen molar-refractivity contribution >= 4 is 11.6 Å². The van der Waals surface area contributed by atoms with Gasteiger partial charge in [0.05, 0.1) is 11.3 Å². The van der Waals surface area contributed by atoms with E-state index in [0.29, 0.717) is 11.3 Å². The van der Waals surface area contributed by atoms with Gasteiger partial charge in [-0.25, -0.2) is 0 Å². The number of phenolic OH excluding ortho intramolecular Hbond substituents is 1. The quantitative estimate of drug-likeness (QED) is 0.694. The Balaban J connectivity index is 3.16. The SMILES string of the molecule is CNc1cccc(C(=O)N(C)C)c1O. The minimum atomic E-state index is -0.209. The third-order valence-electron chi connectivity index (χ3n) is 1.94. The van der Waals surface area contributed by atoms with Crippen molar-refractivity contribution in [2.45, 2.75) is 0 Å². The highest BCUT2D eigenvalue weighted by Gasteiger charge is 2.14. The third kappa shape index (κ3) is 1.79. The molecular weight excluding hydrogens is 180 g/mol. The van der Waals surface area contributed by atoms with Crippen LogP contribution < -0.4 is 5.32 Å². The molecule has 0 aromatic heterocycles.